The van der Waals surface area contributed by atoms with Crippen molar-refractivity contribution in [2.24, 2.45) is 11.8 Å². The van der Waals surface area contributed by atoms with Crippen molar-refractivity contribution in [2.45, 2.75) is 31.4 Å². The molecule has 0 radical (unpaired) electrons. The van der Waals surface area contributed by atoms with Crippen LogP contribution in [0.3, 0.4) is 0 Å². The number of fused-ring (bicyclic) bond motifs is 2. The van der Waals surface area contributed by atoms with E-state index in [1.54, 1.807) is 6.07 Å². The number of halogens is 3. The molecule has 4 heteroatoms. The van der Waals surface area contributed by atoms with Gasteiger partial charge in [0.25, 0.3) is 0 Å². The number of hydrogen-bond donors (Lipinski definition) is 0. The molecule has 0 spiro atoms. The number of hydrogen-bond acceptors (Lipinski definition) is 1. The first-order valence-electron chi connectivity index (χ1n) is 6.20. The van der Waals surface area contributed by atoms with Gasteiger partial charge in [-0.15, -0.1) is 0 Å². The number of Topliss-reactive ketones (excluding diaryl/α,β-unsaturated/α-hetero) is 1. The number of carbonyl (C=O) groups is 1. The lowest BCUT2D eigenvalue weighted by Gasteiger charge is -2.48. The standard InChI is InChI=1S/C14H13F3O/c15-14(16,17)11-7-2-1-4-8(11)12-9-5-3-6-10(12)13(9)18/h1-2,4,7,9-10,12H,3,5-6H2. The highest BCUT2D eigenvalue weighted by atomic mass is 19.4. The minimum absolute atomic E-state index is 0.170. The van der Waals surface area contributed by atoms with Crippen molar-refractivity contribution in [3.05, 3.63) is 35.4 Å². The van der Waals surface area contributed by atoms with Gasteiger partial charge in [-0.1, -0.05) is 24.6 Å². The molecule has 2 saturated carbocycles. The number of benzene rings is 1. The second-order valence-electron chi connectivity index (χ2n) is 5.16. The lowest BCUT2D eigenvalue weighted by Crippen LogP contribution is -2.49. The quantitative estimate of drug-likeness (QED) is 0.745. The van der Waals surface area contributed by atoms with E-state index in [0.29, 0.717) is 5.56 Å². The van der Waals surface area contributed by atoms with E-state index >= 15 is 0 Å². The summed E-state index contributed by atoms with van der Waals surface area (Å²) in [6, 6.07) is 5.69. The van der Waals surface area contributed by atoms with E-state index in [4.69, 9.17) is 0 Å². The Morgan fingerprint density at radius 3 is 2.22 bits per heavy atom. The van der Waals surface area contributed by atoms with Gasteiger partial charge in [0.15, 0.2) is 0 Å². The first kappa shape index (κ1) is 11.8. The van der Waals surface area contributed by atoms with Gasteiger partial charge in [-0.3, -0.25) is 4.79 Å². The Bertz CT molecular complexity index is 478. The van der Waals surface area contributed by atoms with E-state index in [-0.39, 0.29) is 23.5 Å². The summed E-state index contributed by atoms with van der Waals surface area (Å²) in [5.41, 5.74) is -0.251. The molecule has 2 aliphatic carbocycles. The van der Waals surface area contributed by atoms with Gasteiger partial charge in [0.2, 0.25) is 0 Å². The molecule has 2 bridgehead atoms. The number of alkyl halides is 3. The molecule has 2 atom stereocenters. The molecular weight excluding hydrogens is 241 g/mol. The summed E-state index contributed by atoms with van der Waals surface area (Å²) >= 11 is 0. The molecule has 1 aromatic carbocycles. The normalized spacial score (nSPS) is 31.1. The van der Waals surface area contributed by atoms with E-state index < -0.39 is 11.7 Å². The van der Waals surface area contributed by atoms with Crippen molar-refractivity contribution in [1.82, 2.24) is 0 Å². The third kappa shape index (κ3) is 1.58. The number of rotatable bonds is 1. The van der Waals surface area contributed by atoms with Crippen molar-refractivity contribution >= 4 is 5.78 Å². The van der Waals surface area contributed by atoms with Gasteiger partial charge in [-0.25, -0.2) is 0 Å². The summed E-state index contributed by atoms with van der Waals surface area (Å²) in [6.07, 6.45) is -1.88. The maximum absolute atomic E-state index is 13.0. The molecule has 0 saturated heterocycles. The second-order valence-corrected chi connectivity index (χ2v) is 5.16. The van der Waals surface area contributed by atoms with Crippen molar-refractivity contribution in [3.63, 3.8) is 0 Å². The fraction of sp³-hybridized carbons (Fsp3) is 0.500. The minimum Gasteiger partial charge on any atom is -0.299 e. The monoisotopic (exact) mass is 254 g/mol. The Labute approximate surface area is 103 Å². The smallest absolute Gasteiger partial charge is 0.299 e. The molecule has 3 rings (SSSR count). The molecular formula is C14H13F3O. The van der Waals surface area contributed by atoms with Crippen LogP contribution in [0.25, 0.3) is 0 Å². The molecule has 0 heterocycles. The molecule has 0 N–H and O–H groups in total. The molecule has 1 aromatic rings. The highest BCUT2D eigenvalue weighted by molar-refractivity contribution is 5.92. The average Bonchev–Trinajstić information content (AvgIpc) is 2.36. The molecule has 18 heavy (non-hydrogen) atoms. The van der Waals surface area contributed by atoms with Crippen LogP contribution in [0.4, 0.5) is 13.2 Å². The van der Waals surface area contributed by atoms with E-state index in [0.717, 1.165) is 25.3 Å². The summed E-state index contributed by atoms with van der Waals surface area (Å²) in [4.78, 5) is 11.7. The van der Waals surface area contributed by atoms with Crippen molar-refractivity contribution in [2.75, 3.05) is 0 Å². The van der Waals surface area contributed by atoms with Crippen LogP contribution in [0.5, 0.6) is 0 Å². The predicted octanol–water partition coefficient (Wildman–Crippen LogP) is 3.79. The van der Waals surface area contributed by atoms with E-state index in [1.165, 1.54) is 12.1 Å². The zero-order valence-electron chi connectivity index (χ0n) is 9.70. The third-order valence-corrected chi connectivity index (χ3v) is 4.25. The van der Waals surface area contributed by atoms with Crippen molar-refractivity contribution < 1.29 is 18.0 Å². The summed E-state index contributed by atoms with van der Waals surface area (Å²) < 4.78 is 38.9. The highest BCUT2D eigenvalue weighted by Crippen LogP contribution is 2.55. The van der Waals surface area contributed by atoms with Crippen LogP contribution in [-0.4, -0.2) is 5.78 Å². The molecule has 96 valence electrons. The predicted molar refractivity (Wildman–Crippen MR) is 60.0 cm³/mol. The zero-order valence-corrected chi connectivity index (χ0v) is 9.70. The van der Waals surface area contributed by atoms with Crippen LogP contribution in [-0.2, 0) is 11.0 Å². The van der Waals surface area contributed by atoms with Crippen LogP contribution < -0.4 is 0 Å². The number of carbonyl (C=O) groups excluding carboxylic acids is 1. The summed E-state index contributed by atoms with van der Waals surface area (Å²) in [5.74, 6) is -0.383. The lowest BCUT2D eigenvalue weighted by atomic mass is 9.53. The van der Waals surface area contributed by atoms with Gasteiger partial charge in [-0.2, -0.15) is 13.2 Å². The van der Waals surface area contributed by atoms with E-state index in [9.17, 15) is 18.0 Å². The number of ketones is 1. The Balaban J connectivity index is 2.01. The van der Waals surface area contributed by atoms with Crippen molar-refractivity contribution in [1.29, 1.82) is 0 Å². The first-order chi connectivity index (χ1) is 8.50. The topological polar surface area (TPSA) is 17.1 Å². The lowest BCUT2D eigenvalue weighted by molar-refractivity contribution is -0.147. The summed E-state index contributed by atoms with van der Waals surface area (Å²) in [7, 11) is 0. The largest absolute Gasteiger partial charge is 0.416 e. The summed E-state index contributed by atoms with van der Waals surface area (Å²) in [5, 5.41) is 0. The van der Waals surface area contributed by atoms with E-state index in [1.807, 2.05) is 0 Å². The molecule has 1 nitrogen and oxygen atoms in total. The van der Waals surface area contributed by atoms with E-state index in [2.05, 4.69) is 0 Å². The van der Waals surface area contributed by atoms with Gasteiger partial charge in [-0.05, 0) is 24.5 Å². The fourth-order valence-electron chi connectivity index (χ4n) is 3.47. The van der Waals surface area contributed by atoms with Crippen LogP contribution in [0.1, 0.15) is 36.3 Å². The second kappa shape index (κ2) is 3.84. The molecule has 2 fully saturated rings. The van der Waals surface area contributed by atoms with Crippen LogP contribution >= 0.6 is 0 Å². The Morgan fingerprint density at radius 2 is 1.67 bits per heavy atom. The Hall–Kier alpha value is -1.32. The van der Waals surface area contributed by atoms with Gasteiger partial charge in [0.1, 0.15) is 5.78 Å². The van der Waals surface area contributed by atoms with Gasteiger partial charge < -0.3 is 0 Å². The molecule has 0 aromatic heterocycles. The molecule has 2 aliphatic rings. The van der Waals surface area contributed by atoms with Crippen LogP contribution in [0.15, 0.2) is 24.3 Å². The Morgan fingerprint density at radius 1 is 1.06 bits per heavy atom. The molecule has 2 unspecified atom stereocenters. The Kier molecular flexibility index (Phi) is 2.50. The van der Waals surface area contributed by atoms with Gasteiger partial charge >= 0.3 is 6.18 Å². The van der Waals surface area contributed by atoms with Crippen LogP contribution in [0, 0.1) is 11.8 Å². The zero-order chi connectivity index (χ0) is 12.9. The molecule has 0 aliphatic heterocycles. The highest BCUT2D eigenvalue weighted by Gasteiger charge is 2.53. The molecule has 0 amide bonds. The SMILES string of the molecule is O=C1C2CCCC1C2c1ccccc1C(F)(F)F. The van der Waals surface area contributed by atoms with Crippen LogP contribution in [0.2, 0.25) is 0 Å². The fourth-order valence-corrected chi connectivity index (χ4v) is 3.47. The van der Waals surface area contributed by atoms with Gasteiger partial charge in [0.05, 0.1) is 5.56 Å². The third-order valence-electron chi connectivity index (χ3n) is 4.25. The first-order valence-corrected chi connectivity index (χ1v) is 6.20. The van der Waals surface area contributed by atoms with Crippen molar-refractivity contribution in [3.8, 4) is 0 Å². The minimum atomic E-state index is -4.33. The van der Waals surface area contributed by atoms with Gasteiger partial charge in [0, 0.05) is 17.8 Å². The average molecular weight is 254 g/mol. The summed E-state index contributed by atoms with van der Waals surface area (Å²) in [6.45, 7) is 0. The maximum atomic E-state index is 13.0. The maximum Gasteiger partial charge on any atom is 0.416 e.